The van der Waals surface area contributed by atoms with E-state index in [2.05, 4.69) is 15.6 Å². The molecule has 0 saturated carbocycles. The van der Waals surface area contributed by atoms with E-state index >= 15 is 0 Å². The molecule has 0 bridgehead atoms. The van der Waals surface area contributed by atoms with E-state index < -0.39 is 11.7 Å². The van der Waals surface area contributed by atoms with Crippen molar-refractivity contribution < 1.29 is 14.3 Å². The summed E-state index contributed by atoms with van der Waals surface area (Å²) < 4.78 is 11.5. The number of hydrogen-bond donors (Lipinski definition) is 2. The lowest BCUT2D eigenvalue weighted by Crippen LogP contribution is -2.48. The minimum absolute atomic E-state index is 0.0721. The highest BCUT2D eigenvalue weighted by Gasteiger charge is 2.52. The first-order chi connectivity index (χ1) is 13.7. The smallest absolute Gasteiger partial charge is 0.183 e. The van der Waals surface area contributed by atoms with Gasteiger partial charge in [-0.15, -0.1) is 0 Å². The third kappa shape index (κ3) is 3.03. The molecule has 146 valence electrons. The predicted molar refractivity (Wildman–Crippen MR) is 108 cm³/mol. The fourth-order valence-corrected chi connectivity index (χ4v) is 4.11. The molecule has 0 saturated heterocycles. The second kappa shape index (κ2) is 7.83. The highest BCUT2D eigenvalue weighted by molar-refractivity contribution is 6.30. The molecule has 2 heterocycles. The molecule has 28 heavy (non-hydrogen) atoms. The van der Waals surface area contributed by atoms with Crippen molar-refractivity contribution >= 4 is 17.6 Å². The van der Waals surface area contributed by atoms with Gasteiger partial charge in [0.15, 0.2) is 12.1 Å². The molecule has 3 aliphatic rings. The van der Waals surface area contributed by atoms with Crippen LogP contribution in [0.15, 0.2) is 59.4 Å². The fraction of sp³-hybridized carbons (Fsp3) is 0.364. The summed E-state index contributed by atoms with van der Waals surface area (Å²) in [5.41, 5.74) is 2.89. The van der Waals surface area contributed by atoms with Crippen molar-refractivity contribution in [3.05, 3.63) is 65.5 Å². The Bertz CT molecular complexity index is 881. The van der Waals surface area contributed by atoms with Crippen molar-refractivity contribution in [1.82, 2.24) is 10.6 Å². The summed E-state index contributed by atoms with van der Waals surface area (Å²) in [4.78, 5) is 17.8. The van der Waals surface area contributed by atoms with Gasteiger partial charge in [-0.3, -0.25) is 15.1 Å². The zero-order valence-corrected chi connectivity index (χ0v) is 16.1. The lowest BCUT2D eigenvalue weighted by molar-refractivity contribution is -0.140. The second-order valence-electron chi connectivity index (χ2n) is 6.90. The summed E-state index contributed by atoms with van der Waals surface area (Å²) in [6.07, 6.45) is 9.03. The second-order valence-corrected chi connectivity index (χ2v) is 6.90. The van der Waals surface area contributed by atoms with Crippen LogP contribution < -0.4 is 10.6 Å². The van der Waals surface area contributed by atoms with Crippen molar-refractivity contribution in [2.75, 3.05) is 19.9 Å². The Morgan fingerprint density at radius 2 is 2.11 bits per heavy atom. The standard InChI is InChI=1S/C22H25N3O3/c1-3-27-21(28-4-2)16-7-5-6-15(12-16)18-17-8-10-23-13-22(17)9-11-24-14-25-20(22)19(18)26/h5-13,20-21,24-25H,3-4,14H2,1-2H3. The topological polar surface area (TPSA) is 72.0 Å². The summed E-state index contributed by atoms with van der Waals surface area (Å²) >= 11 is 0. The predicted octanol–water partition coefficient (Wildman–Crippen LogP) is 2.71. The van der Waals surface area contributed by atoms with Gasteiger partial charge < -0.3 is 14.8 Å². The average molecular weight is 379 g/mol. The maximum atomic E-state index is 13.4. The minimum atomic E-state index is -0.570. The van der Waals surface area contributed by atoms with Gasteiger partial charge in [0.25, 0.3) is 0 Å². The van der Waals surface area contributed by atoms with Gasteiger partial charge in [0.05, 0.1) is 18.1 Å². The average Bonchev–Trinajstić information content (AvgIpc) is 2.82. The van der Waals surface area contributed by atoms with E-state index in [1.165, 1.54) is 0 Å². The molecule has 0 aromatic heterocycles. The molecule has 1 aromatic rings. The zero-order chi connectivity index (χ0) is 19.6. The summed E-state index contributed by atoms with van der Waals surface area (Å²) in [6, 6.07) is 7.51. The monoisotopic (exact) mass is 379 g/mol. The van der Waals surface area contributed by atoms with Gasteiger partial charge in [0, 0.05) is 36.8 Å². The molecule has 2 N–H and O–H groups in total. The number of allylic oxidation sites excluding steroid dienone is 1. The van der Waals surface area contributed by atoms with Crippen LogP contribution in [0.5, 0.6) is 0 Å². The van der Waals surface area contributed by atoms with Gasteiger partial charge in [0.1, 0.15) is 0 Å². The number of carbonyl (C=O) groups is 1. The highest BCUT2D eigenvalue weighted by Crippen LogP contribution is 2.47. The Morgan fingerprint density at radius 1 is 1.29 bits per heavy atom. The van der Waals surface area contributed by atoms with Gasteiger partial charge in [0.2, 0.25) is 0 Å². The number of rotatable bonds is 6. The molecule has 2 atom stereocenters. The van der Waals surface area contributed by atoms with E-state index in [9.17, 15) is 4.79 Å². The zero-order valence-electron chi connectivity index (χ0n) is 16.1. The van der Waals surface area contributed by atoms with Gasteiger partial charge in [-0.2, -0.15) is 0 Å². The molecule has 1 aromatic carbocycles. The Labute approximate surface area is 165 Å². The molecule has 6 nitrogen and oxygen atoms in total. The fourth-order valence-electron chi connectivity index (χ4n) is 4.11. The van der Waals surface area contributed by atoms with Gasteiger partial charge >= 0.3 is 0 Å². The first-order valence-electron chi connectivity index (χ1n) is 9.69. The van der Waals surface area contributed by atoms with Crippen LogP contribution in [0.4, 0.5) is 0 Å². The van der Waals surface area contributed by atoms with Gasteiger partial charge in [-0.05, 0) is 43.3 Å². The van der Waals surface area contributed by atoms with E-state index in [0.717, 1.165) is 22.3 Å². The Hall–Kier alpha value is -2.54. The minimum Gasteiger partial charge on any atom is -0.379 e. The number of Topliss-reactive ketones (excluding diaryl/α,β-unsaturated/α-hetero) is 1. The van der Waals surface area contributed by atoms with E-state index in [-0.39, 0.29) is 11.8 Å². The first kappa shape index (κ1) is 18.8. The molecule has 4 rings (SSSR count). The van der Waals surface area contributed by atoms with E-state index in [1.807, 2.05) is 62.7 Å². The van der Waals surface area contributed by atoms with Crippen LogP contribution in [0.1, 0.15) is 31.3 Å². The number of benzene rings is 1. The number of hydrogen-bond acceptors (Lipinski definition) is 6. The van der Waals surface area contributed by atoms with Gasteiger partial charge in [-0.1, -0.05) is 24.3 Å². The van der Waals surface area contributed by atoms with Gasteiger partial charge in [-0.25, -0.2) is 0 Å². The van der Waals surface area contributed by atoms with Crippen LogP contribution in [-0.4, -0.2) is 37.9 Å². The van der Waals surface area contributed by atoms with Crippen molar-refractivity contribution in [1.29, 1.82) is 0 Å². The molecule has 0 fully saturated rings. The maximum Gasteiger partial charge on any atom is 0.183 e. The largest absolute Gasteiger partial charge is 0.379 e. The van der Waals surface area contributed by atoms with Crippen molar-refractivity contribution in [2.45, 2.75) is 26.2 Å². The van der Waals surface area contributed by atoms with Crippen molar-refractivity contribution in [2.24, 2.45) is 10.4 Å². The maximum absolute atomic E-state index is 13.4. The van der Waals surface area contributed by atoms with Crippen LogP contribution in [0.25, 0.3) is 5.57 Å². The summed E-state index contributed by atoms with van der Waals surface area (Å²) in [7, 11) is 0. The summed E-state index contributed by atoms with van der Waals surface area (Å²) in [5.74, 6) is 0.0721. The van der Waals surface area contributed by atoms with E-state index in [0.29, 0.717) is 19.9 Å². The molecular formula is C22H25N3O3. The van der Waals surface area contributed by atoms with Crippen LogP contribution in [0.3, 0.4) is 0 Å². The molecular weight excluding hydrogens is 354 g/mol. The van der Waals surface area contributed by atoms with Crippen LogP contribution in [0.2, 0.25) is 0 Å². The molecule has 2 aliphatic heterocycles. The number of nitrogens with zero attached hydrogens (tertiary/aromatic N) is 1. The SMILES string of the molecule is CCOC(OCC)c1cccc(C2=C3C=CN=CC34C=CNCNC4C2=O)c1. The Morgan fingerprint density at radius 3 is 2.89 bits per heavy atom. The third-order valence-electron chi connectivity index (χ3n) is 5.31. The quantitative estimate of drug-likeness (QED) is 0.744. The van der Waals surface area contributed by atoms with Crippen LogP contribution in [0, 0.1) is 5.41 Å². The van der Waals surface area contributed by atoms with Crippen molar-refractivity contribution in [3.63, 3.8) is 0 Å². The lowest BCUT2D eigenvalue weighted by Gasteiger charge is -2.30. The lowest BCUT2D eigenvalue weighted by atomic mass is 9.77. The highest BCUT2D eigenvalue weighted by atomic mass is 16.7. The normalized spacial score (nSPS) is 25.7. The molecule has 1 aliphatic carbocycles. The van der Waals surface area contributed by atoms with Crippen LogP contribution >= 0.6 is 0 Å². The molecule has 6 heteroatoms. The molecule has 2 unspecified atom stereocenters. The summed E-state index contributed by atoms with van der Waals surface area (Å²) in [6.45, 7) is 5.51. The Balaban J connectivity index is 1.81. The number of ketones is 1. The number of nitrogens with one attached hydrogen (secondary N) is 2. The molecule has 1 spiro atoms. The molecule has 0 amide bonds. The summed E-state index contributed by atoms with van der Waals surface area (Å²) in [5, 5.41) is 6.47. The van der Waals surface area contributed by atoms with Crippen molar-refractivity contribution in [3.8, 4) is 0 Å². The van der Waals surface area contributed by atoms with Crippen LogP contribution in [-0.2, 0) is 14.3 Å². The number of aliphatic imine (C=N–C) groups is 1. The number of ether oxygens (including phenoxy) is 2. The first-order valence-corrected chi connectivity index (χ1v) is 9.69. The van der Waals surface area contributed by atoms with E-state index in [1.54, 1.807) is 6.20 Å². The third-order valence-corrected chi connectivity index (χ3v) is 5.31. The number of carbonyl (C=O) groups excluding carboxylic acids is 1. The Kier molecular flexibility index (Phi) is 5.26. The van der Waals surface area contributed by atoms with E-state index in [4.69, 9.17) is 9.47 Å². The molecule has 0 radical (unpaired) electrons.